The SMILES string of the molecule is CCC(CC)(CN)CNC(=O)c1cccc(OC)c1. The van der Waals surface area contributed by atoms with Crippen molar-refractivity contribution in [2.75, 3.05) is 20.2 Å². The molecule has 0 saturated heterocycles. The van der Waals surface area contributed by atoms with Gasteiger partial charge in [-0.3, -0.25) is 4.79 Å². The quantitative estimate of drug-likeness (QED) is 0.793. The number of amides is 1. The number of hydrogen-bond donors (Lipinski definition) is 2. The van der Waals surface area contributed by atoms with E-state index < -0.39 is 0 Å². The normalized spacial score (nSPS) is 11.2. The summed E-state index contributed by atoms with van der Waals surface area (Å²) in [6.45, 7) is 5.40. The van der Waals surface area contributed by atoms with Crippen LogP contribution in [0.3, 0.4) is 0 Å². The van der Waals surface area contributed by atoms with Crippen molar-refractivity contribution in [2.24, 2.45) is 11.1 Å². The second-order valence-electron chi connectivity index (χ2n) is 4.83. The second kappa shape index (κ2) is 7.14. The molecule has 19 heavy (non-hydrogen) atoms. The smallest absolute Gasteiger partial charge is 0.251 e. The molecule has 1 aromatic carbocycles. The Bertz CT molecular complexity index is 406. The largest absolute Gasteiger partial charge is 0.497 e. The summed E-state index contributed by atoms with van der Waals surface area (Å²) < 4.78 is 5.11. The Labute approximate surface area is 115 Å². The van der Waals surface area contributed by atoms with E-state index in [0.717, 1.165) is 12.8 Å². The van der Waals surface area contributed by atoms with Gasteiger partial charge in [-0.2, -0.15) is 0 Å². The van der Waals surface area contributed by atoms with E-state index in [1.54, 1.807) is 19.2 Å². The van der Waals surface area contributed by atoms with Crippen LogP contribution in [0.2, 0.25) is 0 Å². The summed E-state index contributed by atoms with van der Waals surface area (Å²) in [6.07, 6.45) is 1.91. The second-order valence-corrected chi connectivity index (χ2v) is 4.83. The van der Waals surface area contributed by atoms with Crippen LogP contribution >= 0.6 is 0 Å². The molecule has 1 amide bonds. The highest BCUT2D eigenvalue weighted by Crippen LogP contribution is 2.23. The fourth-order valence-corrected chi connectivity index (χ4v) is 1.99. The van der Waals surface area contributed by atoms with Crippen molar-refractivity contribution in [1.82, 2.24) is 5.32 Å². The zero-order valence-electron chi connectivity index (χ0n) is 12.0. The molecule has 3 N–H and O–H groups in total. The summed E-state index contributed by atoms with van der Waals surface area (Å²) in [5, 5.41) is 2.97. The first kappa shape index (κ1) is 15.5. The molecule has 0 aliphatic heterocycles. The molecule has 0 aromatic heterocycles. The van der Waals surface area contributed by atoms with E-state index in [2.05, 4.69) is 19.2 Å². The number of rotatable bonds is 7. The third-order valence-corrected chi connectivity index (χ3v) is 3.89. The first-order chi connectivity index (χ1) is 9.10. The minimum atomic E-state index is -0.0846. The summed E-state index contributed by atoms with van der Waals surface area (Å²) in [4.78, 5) is 12.1. The average molecular weight is 264 g/mol. The molecule has 4 heteroatoms. The van der Waals surface area contributed by atoms with Crippen LogP contribution in [-0.4, -0.2) is 26.1 Å². The Hall–Kier alpha value is -1.55. The lowest BCUT2D eigenvalue weighted by Gasteiger charge is -2.30. The molecule has 0 aliphatic rings. The lowest BCUT2D eigenvalue weighted by molar-refractivity contribution is 0.0927. The van der Waals surface area contributed by atoms with Crippen LogP contribution in [0.25, 0.3) is 0 Å². The van der Waals surface area contributed by atoms with E-state index in [4.69, 9.17) is 10.5 Å². The van der Waals surface area contributed by atoms with Crippen molar-refractivity contribution in [2.45, 2.75) is 26.7 Å². The van der Waals surface area contributed by atoms with Crippen molar-refractivity contribution in [3.05, 3.63) is 29.8 Å². The van der Waals surface area contributed by atoms with Crippen LogP contribution in [-0.2, 0) is 0 Å². The van der Waals surface area contributed by atoms with Gasteiger partial charge in [0.2, 0.25) is 0 Å². The molecule has 1 rings (SSSR count). The summed E-state index contributed by atoms with van der Waals surface area (Å²) in [5.74, 6) is 0.599. The molecule has 0 spiro atoms. The van der Waals surface area contributed by atoms with Crippen molar-refractivity contribution in [1.29, 1.82) is 0 Å². The summed E-state index contributed by atoms with van der Waals surface area (Å²) >= 11 is 0. The van der Waals surface area contributed by atoms with E-state index >= 15 is 0 Å². The average Bonchev–Trinajstić information content (AvgIpc) is 2.49. The number of carbonyl (C=O) groups is 1. The Kier molecular flexibility index (Phi) is 5.83. The Morgan fingerprint density at radius 1 is 1.37 bits per heavy atom. The maximum absolute atomic E-state index is 12.1. The molecular formula is C15H24N2O2. The number of nitrogens with two attached hydrogens (primary N) is 1. The fourth-order valence-electron chi connectivity index (χ4n) is 1.99. The Morgan fingerprint density at radius 2 is 2.05 bits per heavy atom. The van der Waals surface area contributed by atoms with E-state index in [0.29, 0.717) is 24.4 Å². The van der Waals surface area contributed by atoms with Crippen LogP contribution in [0, 0.1) is 5.41 Å². The Morgan fingerprint density at radius 3 is 2.58 bits per heavy atom. The first-order valence-electron chi connectivity index (χ1n) is 6.73. The van der Waals surface area contributed by atoms with Crippen molar-refractivity contribution >= 4 is 5.91 Å². The molecule has 4 nitrogen and oxygen atoms in total. The van der Waals surface area contributed by atoms with E-state index in [1.165, 1.54) is 0 Å². The summed E-state index contributed by atoms with van der Waals surface area (Å²) in [5.41, 5.74) is 6.43. The zero-order valence-corrected chi connectivity index (χ0v) is 12.0. The van der Waals surface area contributed by atoms with Crippen molar-refractivity contribution in [3.63, 3.8) is 0 Å². The van der Waals surface area contributed by atoms with Gasteiger partial charge in [0.15, 0.2) is 0 Å². The number of hydrogen-bond acceptors (Lipinski definition) is 3. The minimum Gasteiger partial charge on any atom is -0.497 e. The highest BCUT2D eigenvalue weighted by Gasteiger charge is 2.25. The van der Waals surface area contributed by atoms with Gasteiger partial charge in [-0.15, -0.1) is 0 Å². The predicted molar refractivity (Wildman–Crippen MR) is 77.4 cm³/mol. The van der Waals surface area contributed by atoms with Gasteiger partial charge in [0, 0.05) is 12.1 Å². The van der Waals surface area contributed by atoms with Gasteiger partial charge in [0.25, 0.3) is 5.91 Å². The van der Waals surface area contributed by atoms with Gasteiger partial charge in [0.1, 0.15) is 5.75 Å². The topological polar surface area (TPSA) is 64.3 Å². The minimum absolute atomic E-state index is 0.00543. The summed E-state index contributed by atoms with van der Waals surface area (Å²) in [7, 11) is 1.59. The van der Waals surface area contributed by atoms with Gasteiger partial charge in [0.05, 0.1) is 7.11 Å². The third-order valence-electron chi connectivity index (χ3n) is 3.89. The molecular weight excluding hydrogens is 240 g/mol. The number of nitrogens with one attached hydrogen (secondary N) is 1. The predicted octanol–water partition coefficient (Wildman–Crippen LogP) is 2.19. The van der Waals surface area contributed by atoms with Crippen molar-refractivity contribution < 1.29 is 9.53 Å². The molecule has 0 atom stereocenters. The standard InChI is InChI=1S/C15H24N2O2/c1-4-15(5-2,10-16)11-17-14(18)12-7-6-8-13(9-12)19-3/h6-9H,4-5,10-11,16H2,1-3H3,(H,17,18). The fraction of sp³-hybridized carbons (Fsp3) is 0.533. The highest BCUT2D eigenvalue weighted by atomic mass is 16.5. The van der Waals surface area contributed by atoms with Gasteiger partial charge in [-0.25, -0.2) is 0 Å². The molecule has 0 heterocycles. The zero-order chi connectivity index (χ0) is 14.3. The van der Waals surface area contributed by atoms with Crippen LogP contribution in [0.5, 0.6) is 5.75 Å². The van der Waals surface area contributed by atoms with E-state index in [-0.39, 0.29) is 11.3 Å². The van der Waals surface area contributed by atoms with Gasteiger partial charge in [-0.1, -0.05) is 19.9 Å². The highest BCUT2D eigenvalue weighted by molar-refractivity contribution is 5.94. The molecule has 0 aliphatic carbocycles. The maximum Gasteiger partial charge on any atom is 0.251 e. The molecule has 0 radical (unpaired) electrons. The number of ether oxygens (including phenoxy) is 1. The number of methoxy groups -OCH3 is 1. The lowest BCUT2D eigenvalue weighted by Crippen LogP contribution is -2.41. The third kappa shape index (κ3) is 3.96. The Balaban J connectivity index is 2.69. The molecule has 0 unspecified atom stereocenters. The van der Waals surface area contributed by atoms with Crippen LogP contribution in [0.1, 0.15) is 37.0 Å². The molecule has 1 aromatic rings. The monoisotopic (exact) mass is 264 g/mol. The first-order valence-corrected chi connectivity index (χ1v) is 6.73. The van der Waals surface area contributed by atoms with Crippen molar-refractivity contribution in [3.8, 4) is 5.75 Å². The van der Waals surface area contributed by atoms with E-state index in [9.17, 15) is 4.79 Å². The van der Waals surface area contributed by atoms with Gasteiger partial charge < -0.3 is 15.8 Å². The molecule has 0 saturated carbocycles. The summed E-state index contributed by atoms with van der Waals surface area (Å²) in [6, 6.07) is 7.14. The number of benzene rings is 1. The van der Waals surface area contributed by atoms with Crippen LogP contribution in [0.4, 0.5) is 0 Å². The maximum atomic E-state index is 12.1. The lowest BCUT2D eigenvalue weighted by atomic mass is 9.82. The van der Waals surface area contributed by atoms with Gasteiger partial charge in [-0.05, 0) is 43.0 Å². The molecule has 0 fully saturated rings. The van der Waals surface area contributed by atoms with Crippen LogP contribution in [0.15, 0.2) is 24.3 Å². The molecule has 0 bridgehead atoms. The van der Waals surface area contributed by atoms with Gasteiger partial charge >= 0.3 is 0 Å². The van der Waals surface area contributed by atoms with Crippen LogP contribution < -0.4 is 15.8 Å². The van der Waals surface area contributed by atoms with E-state index in [1.807, 2.05) is 12.1 Å². The molecule has 106 valence electrons. The number of carbonyl (C=O) groups excluding carboxylic acids is 1.